The Hall–Kier alpha value is -0.0900. The first-order valence-corrected chi connectivity index (χ1v) is 5.68. The van der Waals surface area contributed by atoms with Gasteiger partial charge in [0, 0.05) is 12.2 Å². The van der Waals surface area contributed by atoms with Crippen LogP contribution in [0.5, 0.6) is 0 Å². The van der Waals surface area contributed by atoms with Crippen LogP contribution < -0.4 is 0 Å². The maximum atomic E-state index is 11.0. The lowest BCUT2D eigenvalue weighted by molar-refractivity contribution is -0.118. The summed E-state index contributed by atoms with van der Waals surface area (Å²) in [6.45, 7) is 0. The van der Waals surface area contributed by atoms with E-state index in [1.165, 1.54) is 0 Å². The summed E-state index contributed by atoms with van der Waals surface area (Å²) in [6.07, 6.45) is 2.56. The second-order valence-corrected chi connectivity index (χ2v) is 5.65. The molecule has 0 bridgehead atoms. The van der Waals surface area contributed by atoms with Gasteiger partial charge in [0.15, 0.2) is 20.3 Å². The van der Waals surface area contributed by atoms with Gasteiger partial charge in [0.25, 0.3) is 0 Å². The summed E-state index contributed by atoms with van der Waals surface area (Å²) in [4.78, 5) is 11.0. The largest absolute Gasteiger partial charge is 0.297 e. The van der Waals surface area contributed by atoms with Crippen LogP contribution in [-0.4, -0.2) is 25.2 Å². The fraction of sp³-hybridized carbons (Fsp3) is 0.833. The van der Waals surface area contributed by atoms with Crippen molar-refractivity contribution in [2.45, 2.75) is 17.6 Å². The zero-order valence-corrected chi connectivity index (χ0v) is 7.65. The van der Waals surface area contributed by atoms with E-state index < -0.39 is 14.5 Å². The summed E-state index contributed by atoms with van der Waals surface area (Å²) >= 11 is 5.40. The molecule has 0 aromatic rings. The average molecular weight is 197 g/mol. The van der Waals surface area contributed by atoms with Crippen LogP contribution in [0.2, 0.25) is 0 Å². The Kier molecular flexibility index (Phi) is 2.25. The zero-order valence-electron chi connectivity index (χ0n) is 6.08. The highest BCUT2D eigenvalue weighted by atomic mass is 35.5. The summed E-state index contributed by atoms with van der Waals surface area (Å²) in [5, 5.41) is 0. The van der Waals surface area contributed by atoms with Gasteiger partial charge in [0.1, 0.15) is 0 Å². The summed E-state index contributed by atoms with van der Waals surface area (Å²) in [5.41, 5.74) is 0. The normalized spacial score (nSPS) is 21.3. The molecule has 5 heteroatoms. The molecular formula is C6H9ClO3S. The first-order valence-electron chi connectivity index (χ1n) is 3.29. The number of ketones is 1. The lowest BCUT2D eigenvalue weighted by atomic mass is 10.3. The van der Waals surface area contributed by atoms with Crippen LogP contribution in [0, 0.1) is 5.92 Å². The topological polar surface area (TPSA) is 51.2 Å². The number of halogens is 1. The second kappa shape index (κ2) is 2.75. The Morgan fingerprint density at radius 1 is 1.55 bits per heavy atom. The van der Waals surface area contributed by atoms with Gasteiger partial charge in [-0.2, -0.15) is 0 Å². The maximum Gasteiger partial charge on any atom is 0.193 e. The molecule has 1 aliphatic carbocycles. The van der Waals surface area contributed by atoms with Gasteiger partial charge in [-0.15, -0.1) is 0 Å². The molecule has 0 N–H and O–H groups in total. The van der Waals surface area contributed by atoms with Crippen molar-refractivity contribution < 1.29 is 13.2 Å². The number of hydrogen-bond acceptors (Lipinski definition) is 3. The Bertz CT molecular complexity index is 266. The highest BCUT2D eigenvalue weighted by Crippen LogP contribution is 2.32. The lowest BCUT2D eigenvalue weighted by Gasteiger charge is -2.03. The molecule has 11 heavy (non-hydrogen) atoms. The molecule has 1 atom stereocenters. The van der Waals surface area contributed by atoms with Crippen molar-refractivity contribution in [3.63, 3.8) is 0 Å². The number of sulfone groups is 1. The van der Waals surface area contributed by atoms with Gasteiger partial charge in [-0.1, -0.05) is 11.6 Å². The number of carbonyl (C=O) groups excluding carboxylic acids is 1. The SMILES string of the molecule is CS(=O)(=O)C(Cl)C(=O)C1CC1. The third kappa shape index (κ3) is 2.17. The molecule has 0 amide bonds. The smallest absolute Gasteiger partial charge is 0.193 e. The monoisotopic (exact) mass is 196 g/mol. The van der Waals surface area contributed by atoms with Crippen LogP contribution in [0.25, 0.3) is 0 Å². The van der Waals surface area contributed by atoms with E-state index in [-0.39, 0.29) is 11.7 Å². The third-order valence-corrected chi connectivity index (χ3v) is 3.75. The molecule has 0 aromatic heterocycles. The molecule has 0 spiro atoms. The Morgan fingerprint density at radius 2 is 2.00 bits per heavy atom. The van der Waals surface area contributed by atoms with Gasteiger partial charge < -0.3 is 0 Å². The quantitative estimate of drug-likeness (QED) is 0.621. The van der Waals surface area contributed by atoms with Crippen molar-refractivity contribution in [2.75, 3.05) is 6.26 Å². The summed E-state index contributed by atoms with van der Waals surface area (Å²) in [6, 6.07) is 0. The van der Waals surface area contributed by atoms with E-state index in [1.54, 1.807) is 0 Å². The highest BCUT2D eigenvalue weighted by Gasteiger charge is 2.38. The van der Waals surface area contributed by atoms with Gasteiger partial charge >= 0.3 is 0 Å². The van der Waals surface area contributed by atoms with Crippen LogP contribution in [0.3, 0.4) is 0 Å². The van der Waals surface area contributed by atoms with Crippen LogP contribution >= 0.6 is 11.6 Å². The molecule has 0 heterocycles. The minimum atomic E-state index is -3.39. The number of alkyl halides is 1. The molecule has 0 radical (unpaired) electrons. The van der Waals surface area contributed by atoms with E-state index in [4.69, 9.17) is 11.6 Å². The molecule has 1 unspecified atom stereocenters. The van der Waals surface area contributed by atoms with Crippen molar-refractivity contribution in [3.05, 3.63) is 0 Å². The zero-order chi connectivity index (χ0) is 8.65. The van der Waals surface area contributed by atoms with E-state index >= 15 is 0 Å². The predicted molar refractivity (Wildman–Crippen MR) is 42.2 cm³/mol. The van der Waals surface area contributed by atoms with Crippen molar-refractivity contribution >= 4 is 27.2 Å². The average Bonchev–Trinajstić information content (AvgIpc) is 2.63. The van der Waals surface area contributed by atoms with E-state index in [1.807, 2.05) is 0 Å². The molecule has 0 aliphatic heterocycles. The van der Waals surface area contributed by atoms with E-state index in [9.17, 15) is 13.2 Å². The van der Waals surface area contributed by atoms with Gasteiger partial charge in [-0.05, 0) is 12.8 Å². The summed E-state index contributed by atoms with van der Waals surface area (Å²) < 4.78 is 20.2. The minimum absolute atomic E-state index is 0.0905. The second-order valence-electron chi connectivity index (χ2n) is 2.82. The van der Waals surface area contributed by atoms with Crippen LogP contribution in [0.15, 0.2) is 0 Å². The maximum absolute atomic E-state index is 11.0. The molecule has 0 aromatic carbocycles. The number of Topliss-reactive ketones (excluding diaryl/α,β-unsaturated/α-hetero) is 1. The van der Waals surface area contributed by atoms with Crippen LogP contribution in [-0.2, 0) is 14.6 Å². The van der Waals surface area contributed by atoms with Gasteiger partial charge in [0.2, 0.25) is 0 Å². The predicted octanol–water partition coefficient (Wildman–Crippen LogP) is 0.575. The third-order valence-electron chi connectivity index (χ3n) is 1.58. The molecule has 1 aliphatic rings. The standard InChI is InChI=1S/C6H9ClO3S/c1-11(9,10)6(7)5(8)4-2-3-4/h4,6H,2-3H2,1H3. The van der Waals surface area contributed by atoms with E-state index in [0.29, 0.717) is 0 Å². The molecule has 3 nitrogen and oxygen atoms in total. The van der Waals surface area contributed by atoms with Gasteiger partial charge in [-0.25, -0.2) is 8.42 Å². The Morgan fingerprint density at radius 3 is 2.27 bits per heavy atom. The fourth-order valence-corrected chi connectivity index (χ4v) is 1.56. The Labute approximate surface area is 70.6 Å². The summed E-state index contributed by atoms with van der Waals surface area (Å²) in [5.74, 6) is -0.429. The minimum Gasteiger partial charge on any atom is -0.297 e. The summed E-state index contributed by atoms with van der Waals surface area (Å²) in [7, 11) is -3.39. The molecule has 1 rings (SSSR count). The number of carbonyl (C=O) groups is 1. The molecular weight excluding hydrogens is 188 g/mol. The van der Waals surface area contributed by atoms with E-state index in [0.717, 1.165) is 19.1 Å². The van der Waals surface area contributed by atoms with Gasteiger partial charge in [0.05, 0.1) is 0 Å². The van der Waals surface area contributed by atoms with Crippen LogP contribution in [0.4, 0.5) is 0 Å². The number of hydrogen-bond donors (Lipinski definition) is 0. The lowest BCUT2D eigenvalue weighted by Crippen LogP contribution is -2.24. The number of rotatable bonds is 3. The van der Waals surface area contributed by atoms with Gasteiger partial charge in [-0.3, -0.25) is 4.79 Å². The van der Waals surface area contributed by atoms with Crippen molar-refractivity contribution in [1.29, 1.82) is 0 Å². The molecule has 0 saturated heterocycles. The fourth-order valence-electron chi connectivity index (χ4n) is 0.764. The van der Waals surface area contributed by atoms with Crippen molar-refractivity contribution in [2.24, 2.45) is 5.92 Å². The van der Waals surface area contributed by atoms with E-state index in [2.05, 4.69) is 0 Å². The van der Waals surface area contributed by atoms with Crippen molar-refractivity contribution in [3.8, 4) is 0 Å². The molecule has 1 fully saturated rings. The van der Waals surface area contributed by atoms with Crippen LogP contribution in [0.1, 0.15) is 12.8 Å². The molecule has 64 valence electrons. The van der Waals surface area contributed by atoms with Crippen molar-refractivity contribution in [1.82, 2.24) is 0 Å². The first kappa shape index (κ1) is 9.00. The Balaban J connectivity index is 2.67. The molecule has 1 saturated carbocycles. The first-order chi connectivity index (χ1) is 4.93. The highest BCUT2D eigenvalue weighted by molar-refractivity contribution is 7.93.